The van der Waals surface area contributed by atoms with Crippen molar-refractivity contribution in [1.82, 2.24) is 0 Å². The smallest absolute Gasteiger partial charge is 0.205 e. The van der Waals surface area contributed by atoms with Gasteiger partial charge in [-0.05, 0) is 68.2 Å². The first kappa shape index (κ1) is 28.2. The van der Waals surface area contributed by atoms with Gasteiger partial charge in [-0.2, -0.15) is 0 Å². The average Bonchev–Trinajstić information content (AvgIpc) is 3.41. The molecule has 5 aliphatic rings. The zero-order valence-corrected chi connectivity index (χ0v) is 23.8. The lowest BCUT2D eigenvalue weighted by Gasteiger charge is -2.65. The zero-order valence-electron chi connectivity index (χ0n) is 23.8. The first-order valence-corrected chi connectivity index (χ1v) is 14.6. The summed E-state index contributed by atoms with van der Waals surface area (Å²) in [6.45, 7) is 5.71. The van der Waals surface area contributed by atoms with Crippen molar-refractivity contribution in [2.45, 2.75) is 83.4 Å². The minimum atomic E-state index is -1.37. The van der Waals surface area contributed by atoms with Crippen LogP contribution in [-0.2, 0) is 19.1 Å². The number of aliphatic hydroxyl groups excluding tert-OH is 1. The van der Waals surface area contributed by atoms with E-state index < -0.39 is 46.2 Å². The fourth-order valence-electron chi connectivity index (χ4n) is 9.24. The number of hydrogen-bond acceptors (Lipinski definition) is 8. The van der Waals surface area contributed by atoms with E-state index in [-0.39, 0.29) is 47.9 Å². The maximum absolute atomic E-state index is 14.3. The molecule has 3 saturated carbocycles. The number of anilines is 1. The molecule has 9 heteroatoms. The van der Waals surface area contributed by atoms with Gasteiger partial charge in [0.15, 0.2) is 17.7 Å². The number of nitrogens with two attached hydrogens (primary N) is 1. The second kappa shape index (κ2) is 9.57. The van der Waals surface area contributed by atoms with E-state index in [1.807, 2.05) is 26.8 Å². The van der Waals surface area contributed by atoms with Crippen LogP contribution in [0.2, 0.25) is 0 Å². The Hall–Kier alpha value is -2.88. The minimum Gasteiger partial charge on any atom is -0.486 e. The molecule has 0 bridgehead atoms. The summed E-state index contributed by atoms with van der Waals surface area (Å²) in [6.07, 6.45) is 7.94. The van der Waals surface area contributed by atoms with Gasteiger partial charge in [-0.1, -0.05) is 38.8 Å². The Morgan fingerprint density at radius 3 is 2.80 bits per heavy atom. The first-order chi connectivity index (χ1) is 19.5. The largest absolute Gasteiger partial charge is 0.486 e. The molecule has 0 spiro atoms. The summed E-state index contributed by atoms with van der Waals surface area (Å²) < 4.78 is 32.9. The van der Waals surface area contributed by atoms with E-state index in [0.717, 1.165) is 18.1 Å². The number of halogens is 1. The number of allylic oxidation sites excluding steroid dienone is 4. The number of fused-ring (bicyclic) bond motifs is 7. The van der Waals surface area contributed by atoms with Crippen LogP contribution >= 0.6 is 0 Å². The quantitative estimate of drug-likeness (QED) is 0.326. The summed E-state index contributed by atoms with van der Waals surface area (Å²) in [5.74, 6) is -1.06. The number of nitrogens with one attached hydrogen (secondary N) is 1. The fraction of sp³-hybridized carbons (Fsp3) is 0.594. The second-order valence-corrected chi connectivity index (χ2v) is 12.9. The van der Waals surface area contributed by atoms with Gasteiger partial charge in [0, 0.05) is 28.5 Å². The van der Waals surface area contributed by atoms with Crippen LogP contribution in [0.4, 0.5) is 10.1 Å². The van der Waals surface area contributed by atoms with E-state index in [9.17, 15) is 19.1 Å². The number of ketones is 2. The Labute approximate surface area is 239 Å². The number of carbonyl (C=O) groups excluding carboxylic acids is 2. The summed E-state index contributed by atoms with van der Waals surface area (Å²) in [5, 5.41) is 20.8. The molecule has 0 aromatic heterocycles. The van der Waals surface area contributed by atoms with Gasteiger partial charge >= 0.3 is 0 Å². The Morgan fingerprint density at radius 1 is 1.32 bits per heavy atom. The Kier molecular flexibility index (Phi) is 6.60. The van der Waals surface area contributed by atoms with Crippen LogP contribution < -0.4 is 10.5 Å². The number of Topliss-reactive ketones (excluding diaryl/α,β-unsaturated/α-hetero) is 1. The van der Waals surface area contributed by atoms with Crippen molar-refractivity contribution in [3.63, 3.8) is 0 Å². The van der Waals surface area contributed by atoms with Gasteiger partial charge in [-0.25, -0.2) is 4.39 Å². The summed E-state index contributed by atoms with van der Waals surface area (Å²) >= 11 is 0. The molecule has 1 heterocycles. The summed E-state index contributed by atoms with van der Waals surface area (Å²) in [7, 11) is 0. The number of ether oxygens (including phenoxy) is 3. The molecule has 8 nitrogen and oxygen atoms in total. The first-order valence-electron chi connectivity index (χ1n) is 14.6. The summed E-state index contributed by atoms with van der Waals surface area (Å²) in [5.41, 5.74) is 2.71. The maximum Gasteiger partial charge on any atom is 0.205 e. The predicted molar refractivity (Wildman–Crippen MR) is 150 cm³/mol. The normalized spacial score (nSPS) is 42.5. The number of hydrogen-bond donors (Lipinski definition) is 3. The number of aliphatic hydroxyl groups is 1. The van der Waals surface area contributed by atoms with Crippen molar-refractivity contribution in [3.05, 3.63) is 47.8 Å². The van der Waals surface area contributed by atoms with Gasteiger partial charge < -0.3 is 30.5 Å². The third-order valence-electron chi connectivity index (χ3n) is 11.2. The van der Waals surface area contributed by atoms with E-state index in [4.69, 9.17) is 25.4 Å². The fourth-order valence-corrected chi connectivity index (χ4v) is 9.24. The van der Waals surface area contributed by atoms with E-state index >= 15 is 0 Å². The second-order valence-electron chi connectivity index (χ2n) is 12.9. The molecule has 1 aliphatic heterocycles. The van der Waals surface area contributed by atoms with Crippen LogP contribution in [-0.4, -0.2) is 53.6 Å². The van der Waals surface area contributed by atoms with E-state index in [2.05, 4.69) is 0 Å². The number of nitrogen functional groups attached to an aromatic ring is 1. The molecular formula is C32H39FN2O6. The summed E-state index contributed by atoms with van der Waals surface area (Å²) in [6, 6.07) is 4.07. The molecule has 0 radical (unpaired) electrons. The van der Waals surface area contributed by atoms with Crippen LogP contribution in [0, 0.1) is 39.3 Å². The van der Waals surface area contributed by atoms with Crippen molar-refractivity contribution < 1.29 is 33.3 Å². The Bertz CT molecular complexity index is 1360. The molecule has 1 unspecified atom stereocenters. The van der Waals surface area contributed by atoms with Crippen LogP contribution in [0.1, 0.15) is 59.3 Å². The third-order valence-corrected chi connectivity index (χ3v) is 11.2. The Balaban J connectivity index is 1.39. The highest BCUT2D eigenvalue weighted by molar-refractivity contribution is 6.01. The topological polar surface area (TPSA) is 132 Å². The monoisotopic (exact) mass is 566 g/mol. The van der Waals surface area contributed by atoms with Crippen LogP contribution in [0.15, 0.2) is 42.0 Å². The highest BCUT2D eigenvalue weighted by Gasteiger charge is 2.78. The SMILES string of the molecule is CCC[C@H]1O[C@@H]2C[C@H]3[C@@H]4CCC5=CC(=O)C=C[C@]5(C)C4(C=N)[C@@H](O)C[C@]3(C)[C@]2(C(=O)COc2ccc(N)c(F)c2)O1. The van der Waals surface area contributed by atoms with E-state index in [0.29, 0.717) is 25.7 Å². The zero-order chi connectivity index (χ0) is 29.4. The molecular weight excluding hydrogens is 527 g/mol. The van der Waals surface area contributed by atoms with E-state index in [1.54, 1.807) is 12.2 Å². The number of benzene rings is 1. The van der Waals surface area contributed by atoms with Crippen molar-refractivity contribution in [2.75, 3.05) is 12.3 Å². The predicted octanol–water partition coefficient (Wildman–Crippen LogP) is 4.54. The average molecular weight is 567 g/mol. The molecule has 1 aromatic rings. The molecule has 9 atom stereocenters. The standard InChI is InChI=1S/C32H39FN2O6/c1-4-5-28-40-27-14-22-21-8-6-18-12-19(36)10-11-29(18,2)31(21,17-34)25(37)15-30(22,3)32(27,41-28)26(38)16-39-20-7-9-24(35)23(33)13-20/h7,9-13,17,21-22,25,27-28,34,37H,4-6,8,14-16,35H2,1-3H3/t21-,22-,25-,27+,28-,29-,30-,31?,32+/m0/s1. The molecule has 41 heavy (non-hydrogen) atoms. The molecule has 4 N–H and O–H groups in total. The van der Waals surface area contributed by atoms with Gasteiger partial charge in [-0.15, -0.1) is 0 Å². The van der Waals surface area contributed by atoms with Crippen LogP contribution in [0.25, 0.3) is 0 Å². The maximum atomic E-state index is 14.3. The molecule has 220 valence electrons. The number of rotatable bonds is 7. The molecule has 4 aliphatic carbocycles. The van der Waals surface area contributed by atoms with Crippen molar-refractivity contribution in [2.24, 2.45) is 28.1 Å². The van der Waals surface area contributed by atoms with Gasteiger partial charge in [0.05, 0.1) is 17.9 Å². The molecule has 0 amide bonds. The molecule has 1 saturated heterocycles. The lowest BCUT2D eigenvalue weighted by molar-refractivity contribution is -0.209. The van der Waals surface area contributed by atoms with E-state index in [1.165, 1.54) is 18.3 Å². The third kappa shape index (κ3) is 3.64. The highest BCUT2D eigenvalue weighted by Crippen LogP contribution is 2.73. The van der Waals surface area contributed by atoms with Crippen molar-refractivity contribution in [3.8, 4) is 5.75 Å². The van der Waals surface area contributed by atoms with Crippen molar-refractivity contribution in [1.29, 1.82) is 5.41 Å². The molecule has 6 rings (SSSR count). The Morgan fingerprint density at radius 2 is 2.10 bits per heavy atom. The van der Waals surface area contributed by atoms with Gasteiger partial charge in [0.2, 0.25) is 5.78 Å². The lowest BCUT2D eigenvalue weighted by atomic mass is 9.39. The molecule has 1 aromatic carbocycles. The van der Waals surface area contributed by atoms with Gasteiger partial charge in [0.25, 0.3) is 0 Å². The van der Waals surface area contributed by atoms with Crippen LogP contribution in [0.5, 0.6) is 5.75 Å². The van der Waals surface area contributed by atoms with Gasteiger partial charge in [0.1, 0.15) is 18.2 Å². The molecule has 4 fully saturated rings. The van der Waals surface area contributed by atoms with Gasteiger partial charge in [-0.3, -0.25) is 9.59 Å². The van der Waals surface area contributed by atoms with Crippen molar-refractivity contribution >= 4 is 23.5 Å². The highest BCUT2D eigenvalue weighted by atomic mass is 19.1. The lowest BCUT2D eigenvalue weighted by Crippen LogP contribution is -2.68. The minimum absolute atomic E-state index is 0.00866. The van der Waals surface area contributed by atoms with Crippen LogP contribution in [0.3, 0.4) is 0 Å². The summed E-state index contributed by atoms with van der Waals surface area (Å²) in [4.78, 5) is 26.6. The number of carbonyl (C=O) groups is 2.